The molecule has 0 rings (SSSR count). The number of aliphatic imine (C=N–C) groups is 1. The Balaban J connectivity index is 4.57. The first-order valence-electron chi connectivity index (χ1n) is 5.54. The Kier molecular flexibility index (Phi) is 5.91. The van der Waals surface area contributed by atoms with Crippen LogP contribution in [0.4, 0.5) is 0 Å². The van der Waals surface area contributed by atoms with Crippen LogP contribution in [0.25, 0.3) is 0 Å². The highest BCUT2D eigenvalue weighted by molar-refractivity contribution is 7.92. The molecule has 6 nitrogen and oxygen atoms in total. The molecule has 0 aliphatic rings. The van der Waals surface area contributed by atoms with Gasteiger partial charge in [0.05, 0.1) is 11.3 Å². The summed E-state index contributed by atoms with van der Waals surface area (Å²) in [5, 5.41) is 3.01. The predicted octanol–water partition coefficient (Wildman–Crippen LogP) is -0.125. The molecule has 0 spiro atoms. The molecule has 0 saturated carbocycles. The summed E-state index contributed by atoms with van der Waals surface area (Å²) in [6, 6.07) is 0. The van der Waals surface area contributed by atoms with Gasteiger partial charge in [0.1, 0.15) is 0 Å². The molecule has 0 aromatic heterocycles. The Labute approximate surface area is 104 Å². The smallest absolute Gasteiger partial charge is 0.205 e. The quantitative estimate of drug-likeness (QED) is 0.278. The van der Waals surface area contributed by atoms with Crippen molar-refractivity contribution in [3.63, 3.8) is 0 Å². The Morgan fingerprint density at radius 1 is 1.41 bits per heavy atom. The van der Waals surface area contributed by atoms with E-state index < -0.39 is 14.6 Å². The van der Waals surface area contributed by atoms with Crippen molar-refractivity contribution in [2.75, 3.05) is 19.3 Å². The van der Waals surface area contributed by atoms with Gasteiger partial charge in [-0.25, -0.2) is 14.3 Å². The summed E-state index contributed by atoms with van der Waals surface area (Å²) in [4.78, 5) is 4.14. The lowest BCUT2D eigenvalue weighted by molar-refractivity contribution is 0.553. The van der Waals surface area contributed by atoms with E-state index in [0.717, 1.165) is 6.54 Å². The standard InChI is InChI=1S/C10H24N4O2S/c1-8(2)6-12-9(14-11)13-7-10(3,4)17(5,15)16/h8H,6-7,11H2,1-5H3,(H2,12,13,14). The molecule has 0 aromatic carbocycles. The van der Waals surface area contributed by atoms with E-state index in [4.69, 9.17) is 5.84 Å². The van der Waals surface area contributed by atoms with E-state index in [-0.39, 0.29) is 6.54 Å². The third kappa shape index (κ3) is 5.88. The largest absolute Gasteiger partial charge is 0.355 e. The van der Waals surface area contributed by atoms with Crippen molar-refractivity contribution < 1.29 is 8.42 Å². The lowest BCUT2D eigenvalue weighted by atomic mass is 10.2. The molecule has 0 radical (unpaired) electrons. The summed E-state index contributed by atoms with van der Waals surface area (Å²) in [7, 11) is -3.14. The zero-order valence-electron chi connectivity index (χ0n) is 11.2. The number of hydrogen-bond acceptors (Lipinski definition) is 4. The fourth-order valence-electron chi connectivity index (χ4n) is 0.840. The fraction of sp³-hybridized carbons (Fsp3) is 0.900. The number of guanidine groups is 1. The molecule has 4 N–H and O–H groups in total. The maximum Gasteiger partial charge on any atom is 0.205 e. The first-order valence-corrected chi connectivity index (χ1v) is 7.44. The van der Waals surface area contributed by atoms with E-state index in [1.807, 2.05) is 0 Å². The van der Waals surface area contributed by atoms with Crippen molar-refractivity contribution in [3.05, 3.63) is 0 Å². The number of rotatable bonds is 5. The van der Waals surface area contributed by atoms with Crippen molar-refractivity contribution in [3.8, 4) is 0 Å². The summed E-state index contributed by atoms with van der Waals surface area (Å²) in [5.41, 5.74) is 2.43. The topological polar surface area (TPSA) is 96.6 Å². The van der Waals surface area contributed by atoms with Crippen LogP contribution in [0.15, 0.2) is 4.99 Å². The average molecular weight is 264 g/mol. The highest BCUT2D eigenvalue weighted by Gasteiger charge is 2.29. The molecule has 102 valence electrons. The number of nitrogens with zero attached hydrogens (tertiary/aromatic N) is 1. The Morgan fingerprint density at radius 2 is 1.94 bits per heavy atom. The predicted molar refractivity (Wildman–Crippen MR) is 71.4 cm³/mol. The number of nitrogens with two attached hydrogens (primary N) is 1. The number of nitrogens with one attached hydrogen (secondary N) is 2. The van der Waals surface area contributed by atoms with Gasteiger partial charge in [0.25, 0.3) is 0 Å². The Morgan fingerprint density at radius 3 is 2.29 bits per heavy atom. The molecule has 0 saturated heterocycles. The normalized spacial score (nSPS) is 13.9. The first-order chi connectivity index (χ1) is 7.60. The summed E-state index contributed by atoms with van der Waals surface area (Å²) < 4.78 is 22.1. The van der Waals surface area contributed by atoms with E-state index in [1.165, 1.54) is 6.26 Å². The molecule has 0 amide bonds. The van der Waals surface area contributed by atoms with Gasteiger partial charge < -0.3 is 5.32 Å². The monoisotopic (exact) mass is 264 g/mol. The van der Waals surface area contributed by atoms with Gasteiger partial charge in [0.15, 0.2) is 9.84 Å². The minimum Gasteiger partial charge on any atom is -0.355 e. The van der Waals surface area contributed by atoms with Crippen molar-refractivity contribution >= 4 is 15.8 Å². The summed E-state index contributed by atoms with van der Waals surface area (Å²) in [6.07, 6.45) is 1.21. The molecule has 0 heterocycles. The molecule has 0 fully saturated rings. The third-order valence-electron chi connectivity index (χ3n) is 2.44. The van der Waals surface area contributed by atoms with Gasteiger partial charge in [0, 0.05) is 12.8 Å². The van der Waals surface area contributed by atoms with Crippen LogP contribution in [0.2, 0.25) is 0 Å². The van der Waals surface area contributed by atoms with Crippen molar-refractivity contribution in [1.82, 2.24) is 10.7 Å². The first kappa shape index (κ1) is 16.2. The fourth-order valence-corrected chi connectivity index (χ4v) is 1.14. The van der Waals surface area contributed by atoms with Gasteiger partial charge >= 0.3 is 0 Å². The van der Waals surface area contributed by atoms with Crippen LogP contribution >= 0.6 is 0 Å². The number of hydrogen-bond donors (Lipinski definition) is 3. The second-order valence-corrected chi connectivity index (χ2v) is 7.77. The minimum absolute atomic E-state index is 0.163. The molecule has 0 bridgehead atoms. The molecule has 0 aromatic rings. The summed E-state index contributed by atoms with van der Waals surface area (Å²) in [6.45, 7) is 8.28. The van der Waals surface area contributed by atoms with Gasteiger partial charge in [-0.15, -0.1) is 0 Å². The van der Waals surface area contributed by atoms with Crippen molar-refractivity contribution in [2.45, 2.75) is 32.4 Å². The molecular formula is C10H24N4O2S. The molecule has 0 aliphatic carbocycles. The van der Waals surface area contributed by atoms with Crippen LogP contribution in [0.1, 0.15) is 27.7 Å². The maximum absolute atomic E-state index is 11.5. The van der Waals surface area contributed by atoms with Crippen LogP contribution in [0.3, 0.4) is 0 Å². The zero-order chi connectivity index (χ0) is 13.7. The van der Waals surface area contributed by atoms with Gasteiger partial charge in [0.2, 0.25) is 5.96 Å². The van der Waals surface area contributed by atoms with Crippen molar-refractivity contribution in [1.29, 1.82) is 0 Å². The van der Waals surface area contributed by atoms with Crippen LogP contribution in [0, 0.1) is 5.92 Å². The third-order valence-corrected chi connectivity index (χ3v) is 4.57. The lowest BCUT2D eigenvalue weighted by Gasteiger charge is -2.20. The van der Waals surface area contributed by atoms with Gasteiger partial charge in [-0.2, -0.15) is 0 Å². The van der Waals surface area contributed by atoms with Crippen LogP contribution < -0.4 is 16.6 Å². The zero-order valence-corrected chi connectivity index (χ0v) is 12.1. The van der Waals surface area contributed by atoms with Crippen LogP contribution in [-0.2, 0) is 9.84 Å². The highest BCUT2D eigenvalue weighted by Crippen LogP contribution is 2.14. The van der Waals surface area contributed by atoms with E-state index >= 15 is 0 Å². The maximum atomic E-state index is 11.5. The Bertz CT molecular complexity index is 361. The molecular weight excluding hydrogens is 240 g/mol. The summed E-state index contributed by atoms with van der Waals surface area (Å²) in [5.74, 6) is 6.17. The van der Waals surface area contributed by atoms with Gasteiger partial charge in [-0.3, -0.25) is 10.4 Å². The minimum atomic E-state index is -3.14. The average Bonchev–Trinajstić information content (AvgIpc) is 2.15. The van der Waals surface area contributed by atoms with E-state index in [9.17, 15) is 8.42 Å². The van der Waals surface area contributed by atoms with Crippen LogP contribution in [-0.4, -0.2) is 38.5 Å². The van der Waals surface area contributed by atoms with Gasteiger partial charge in [-0.05, 0) is 19.8 Å². The summed E-state index contributed by atoms with van der Waals surface area (Å²) >= 11 is 0. The molecule has 0 unspecified atom stereocenters. The molecule has 17 heavy (non-hydrogen) atoms. The highest BCUT2D eigenvalue weighted by atomic mass is 32.2. The number of sulfone groups is 1. The second-order valence-electron chi connectivity index (χ2n) is 5.12. The van der Waals surface area contributed by atoms with E-state index in [1.54, 1.807) is 13.8 Å². The SMILES string of the molecule is CC(C)CNC(=NCC(C)(C)S(C)(=O)=O)NN. The molecule has 7 heteroatoms. The lowest BCUT2D eigenvalue weighted by Crippen LogP contribution is -2.44. The van der Waals surface area contributed by atoms with Crippen molar-refractivity contribution in [2.24, 2.45) is 16.8 Å². The van der Waals surface area contributed by atoms with Crippen LogP contribution in [0.5, 0.6) is 0 Å². The second kappa shape index (κ2) is 6.20. The number of hydrazine groups is 1. The van der Waals surface area contributed by atoms with E-state index in [0.29, 0.717) is 11.9 Å². The Hall–Kier alpha value is -0.820. The molecule has 0 atom stereocenters. The van der Waals surface area contributed by atoms with Gasteiger partial charge in [-0.1, -0.05) is 13.8 Å². The van der Waals surface area contributed by atoms with E-state index in [2.05, 4.69) is 29.6 Å². The molecule has 0 aliphatic heterocycles.